The fraction of sp³-hybridized carbons (Fsp3) is 0.857. The van der Waals surface area contributed by atoms with E-state index in [1.54, 1.807) is 0 Å². The van der Waals surface area contributed by atoms with E-state index in [2.05, 4.69) is 6.92 Å². The van der Waals surface area contributed by atoms with Gasteiger partial charge in [-0.2, -0.15) is 0 Å². The molecule has 0 bridgehead atoms. The Morgan fingerprint density at radius 3 is 2.35 bits per heavy atom. The molecule has 0 saturated carbocycles. The zero-order valence-corrected chi connectivity index (χ0v) is 11.4. The maximum Gasteiger partial charge on any atom is 0.233 e. The molecule has 0 N–H and O–H groups in total. The molecule has 17 heavy (non-hydrogen) atoms. The van der Waals surface area contributed by atoms with Crippen molar-refractivity contribution < 1.29 is 9.59 Å². The fourth-order valence-corrected chi connectivity index (χ4v) is 2.48. The minimum absolute atomic E-state index is 0.0140. The summed E-state index contributed by atoms with van der Waals surface area (Å²) in [4.78, 5) is 25.1. The number of hydrogen-bond acceptors (Lipinski definition) is 2. The van der Waals surface area contributed by atoms with Crippen molar-refractivity contribution in [1.29, 1.82) is 0 Å². The van der Waals surface area contributed by atoms with Gasteiger partial charge in [0.2, 0.25) is 11.8 Å². The van der Waals surface area contributed by atoms with Gasteiger partial charge < -0.3 is 0 Å². The van der Waals surface area contributed by atoms with Crippen LogP contribution in [0.1, 0.15) is 65.7 Å². The molecule has 1 atom stereocenters. The van der Waals surface area contributed by atoms with Crippen LogP contribution in [-0.2, 0) is 9.59 Å². The normalized spacial score (nSPS) is 20.7. The first-order valence-electron chi connectivity index (χ1n) is 6.93. The molecule has 3 heteroatoms. The van der Waals surface area contributed by atoms with E-state index in [-0.39, 0.29) is 23.8 Å². The summed E-state index contributed by atoms with van der Waals surface area (Å²) in [5, 5.41) is 0. The maximum atomic E-state index is 12.0. The third-order valence-electron chi connectivity index (χ3n) is 3.45. The molecule has 1 aliphatic rings. The van der Waals surface area contributed by atoms with E-state index >= 15 is 0 Å². The Labute approximate surface area is 105 Å². The van der Waals surface area contributed by atoms with Gasteiger partial charge in [0.1, 0.15) is 0 Å². The van der Waals surface area contributed by atoms with Crippen LogP contribution < -0.4 is 0 Å². The fourth-order valence-electron chi connectivity index (χ4n) is 2.48. The van der Waals surface area contributed by atoms with Crippen molar-refractivity contribution in [3.8, 4) is 0 Å². The highest BCUT2D eigenvalue weighted by Gasteiger charge is 2.39. The number of nitrogens with zero attached hydrogens (tertiary/aromatic N) is 1. The van der Waals surface area contributed by atoms with Gasteiger partial charge in [0.25, 0.3) is 0 Å². The van der Waals surface area contributed by atoms with Crippen LogP contribution in [0, 0.1) is 5.92 Å². The molecular weight excluding hydrogens is 214 g/mol. The molecule has 0 spiro atoms. The van der Waals surface area contributed by atoms with E-state index in [0.29, 0.717) is 6.42 Å². The molecule has 98 valence electrons. The van der Waals surface area contributed by atoms with Gasteiger partial charge in [0.05, 0.1) is 0 Å². The molecule has 3 nitrogen and oxygen atoms in total. The van der Waals surface area contributed by atoms with Crippen LogP contribution in [0.5, 0.6) is 0 Å². The molecule has 1 aliphatic heterocycles. The topological polar surface area (TPSA) is 37.4 Å². The summed E-state index contributed by atoms with van der Waals surface area (Å²) in [6.07, 6.45) is 7.35. The van der Waals surface area contributed by atoms with Gasteiger partial charge in [-0.1, -0.05) is 39.0 Å². The number of rotatable bonds is 7. The first kappa shape index (κ1) is 14.2. The Kier molecular flexibility index (Phi) is 5.66. The zero-order chi connectivity index (χ0) is 12.8. The molecule has 1 fully saturated rings. The van der Waals surface area contributed by atoms with Crippen LogP contribution in [0.25, 0.3) is 0 Å². The number of carbonyl (C=O) groups is 2. The minimum atomic E-state index is -0.0356. The molecule has 0 aliphatic carbocycles. The van der Waals surface area contributed by atoms with Crippen LogP contribution in [0.4, 0.5) is 0 Å². The zero-order valence-electron chi connectivity index (χ0n) is 11.4. The average molecular weight is 239 g/mol. The smallest absolute Gasteiger partial charge is 0.233 e. The second-order valence-corrected chi connectivity index (χ2v) is 5.30. The third kappa shape index (κ3) is 3.83. The van der Waals surface area contributed by atoms with Gasteiger partial charge in [-0.3, -0.25) is 14.5 Å². The van der Waals surface area contributed by atoms with Crippen molar-refractivity contribution in [3.05, 3.63) is 0 Å². The van der Waals surface area contributed by atoms with Crippen LogP contribution >= 0.6 is 0 Å². The highest BCUT2D eigenvalue weighted by Crippen LogP contribution is 2.26. The number of amides is 2. The SMILES string of the molecule is CCCCCCCC1CC(=O)N(C(C)C)C1=O. The van der Waals surface area contributed by atoms with Crippen LogP contribution in [0.2, 0.25) is 0 Å². The lowest BCUT2D eigenvalue weighted by molar-refractivity contribution is -0.141. The number of unbranched alkanes of at least 4 members (excludes halogenated alkanes) is 4. The quantitative estimate of drug-likeness (QED) is 0.505. The molecular formula is C14H25NO2. The summed E-state index contributed by atoms with van der Waals surface area (Å²) < 4.78 is 0. The lowest BCUT2D eigenvalue weighted by Gasteiger charge is -2.18. The summed E-state index contributed by atoms with van der Waals surface area (Å²) in [6.45, 7) is 6.00. The maximum absolute atomic E-state index is 12.0. The monoisotopic (exact) mass is 239 g/mol. The standard InChI is InChI=1S/C14H25NO2/c1-4-5-6-7-8-9-12-10-13(16)15(11(2)3)14(12)17/h11-12H,4-10H2,1-3H3. The molecule has 0 radical (unpaired) electrons. The second-order valence-electron chi connectivity index (χ2n) is 5.30. The van der Waals surface area contributed by atoms with E-state index < -0.39 is 0 Å². The van der Waals surface area contributed by atoms with Crippen LogP contribution in [0.15, 0.2) is 0 Å². The molecule has 1 saturated heterocycles. The van der Waals surface area contributed by atoms with Gasteiger partial charge in [-0.25, -0.2) is 0 Å². The van der Waals surface area contributed by atoms with Crippen molar-refractivity contribution in [2.75, 3.05) is 0 Å². The molecule has 2 amide bonds. The molecule has 1 unspecified atom stereocenters. The van der Waals surface area contributed by atoms with E-state index in [9.17, 15) is 9.59 Å². The summed E-state index contributed by atoms with van der Waals surface area (Å²) in [7, 11) is 0. The largest absolute Gasteiger partial charge is 0.280 e. The Morgan fingerprint density at radius 1 is 1.18 bits per heavy atom. The van der Waals surface area contributed by atoms with E-state index in [1.165, 1.54) is 30.6 Å². The Bertz CT molecular complexity index is 273. The highest BCUT2D eigenvalue weighted by molar-refractivity contribution is 6.03. The van der Waals surface area contributed by atoms with Crippen molar-refractivity contribution in [1.82, 2.24) is 4.90 Å². The van der Waals surface area contributed by atoms with Gasteiger partial charge in [0, 0.05) is 18.4 Å². The molecule has 0 aromatic rings. The van der Waals surface area contributed by atoms with E-state index in [0.717, 1.165) is 12.8 Å². The lowest BCUT2D eigenvalue weighted by Crippen LogP contribution is -2.36. The first-order valence-corrected chi connectivity index (χ1v) is 6.93. The molecule has 1 heterocycles. The van der Waals surface area contributed by atoms with Gasteiger partial charge in [0.15, 0.2) is 0 Å². The Morgan fingerprint density at radius 2 is 1.82 bits per heavy atom. The van der Waals surface area contributed by atoms with Gasteiger partial charge in [-0.05, 0) is 20.3 Å². The lowest BCUT2D eigenvalue weighted by atomic mass is 9.99. The van der Waals surface area contributed by atoms with Crippen LogP contribution in [-0.4, -0.2) is 22.8 Å². The third-order valence-corrected chi connectivity index (χ3v) is 3.45. The number of hydrogen-bond donors (Lipinski definition) is 0. The summed E-state index contributed by atoms with van der Waals surface area (Å²) in [5.41, 5.74) is 0. The van der Waals surface area contributed by atoms with Crippen molar-refractivity contribution in [2.45, 2.75) is 71.8 Å². The predicted molar refractivity (Wildman–Crippen MR) is 68.5 cm³/mol. The highest BCUT2D eigenvalue weighted by atomic mass is 16.2. The molecule has 0 aromatic carbocycles. The predicted octanol–water partition coefficient (Wildman–Crippen LogP) is 3.13. The first-order chi connectivity index (χ1) is 8.07. The Hall–Kier alpha value is -0.860. The van der Waals surface area contributed by atoms with Crippen molar-refractivity contribution in [2.24, 2.45) is 5.92 Å². The summed E-state index contributed by atoms with van der Waals surface area (Å²) >= 11 is 0. The number of carbonyl (C=O) groups excluding carboxylic acids is 2. The molecule has 0 aromatic heterocycles. The average Bonchev–Trinajstić information content (AvgIpc) is 2.53. The van der Waals surface area contributed by atoms with Gasteiger partial charge in [-0.15, -0.1) is 0 Å². The van der Waals surface area contributed by atoms with E-state index in [4.69, 9.17) is 0 Å². The number of imide groups is 1. The minimum Gasteiger partial charge on any atom is -0.280 e. The Balaban J connectivity index is 2.31. The molecule has 1 rings (SSSR count). The summed E-state index contributed by atoms with van der Waals surface area (Å²) in [6, 6.07) is 0.0140. The number of likely N-dealkylation sites (tertiary alicyclic amines) is 1. The van der Waals surface area contributed by atoms with Crippen molar-refractivity contribution >= 4 is 11.8 Å². The summed E-state index contributed by atoms with van der Waals surface area (Å²) in [5.74, 6) is 0.0376. The van der Waals surface area contributed by atoms with Gasteiger partial charge >= 0.3 is 0 Å². The van der Waals surface area contributed by atoms with Crippen LogP contribution in [0.3, 0.4) is 0 Å². The van der Waals surface area contributed by atoms with E-state index in [1.807, 2.05) is 13.8 Å². The second kappa shape index (κ2) is 6.77. The van der Waals surface area contributed by atoms with Crippen molar-refractivity contribution in [3.63, 3.8) is 0 Å².